The maximum Gasteiger partial charge on any atom is 0.433 e. The van der Waals surface area contributed by atoms with Gasteiger partial charge in [-0.1, -0.05) is 30.3 Å². The summed E-state index contributed by atoms with van der Waals surface area (Å²) >= 11 is 0. The molecule has 0 saturated carbocycles. The molecule has 0 bridgehead atoms. The number of piperidine rings is 1. The second-order valence-electron chi connectivity index (χ2n) is 9.61. The second-order valence-corrected chi connectivity index (χ2v) is 9.61. The first-order valence-electron chi connectivity index (χ1n) is 12.2. The molecule has 3 heterocycles. The fraction of sp³-hybridized carbons (Fsp3) is 0.407. The summed E-state index contributed by atoms with van der Waals surface area (Å²) in [6.45, 7) is 5.13. The molecule has 0 atom stereocenters. The number of fused-ring (bicyclic) bond motifs is 1. The molecule has 0 radical (unpaired) electrons. The van der Waals surface area contributed by atoms with Crippen molar-refractivity contribution in [3.63, 3.8) is 0 Å². The van der Waals surface area contributed by atoms with Crippen molar-refractivity contribution in [2.75, 3.05) is 20.1 Å². The number of aromatic amines is 1. The van der Waals surface area contributed by atoms with E-state index in [2.05, 4.69) is 31.5 Å². The summed E-state index contributed by atoms with van der Waals surface area (Å²) in [6, 6.07) is 12.3. The van der Waals surface area contributed by atoms with Crippen LogP contribution in [0.5, 0.6) is 0 Å². The summed E-state index contributed by atoms with van der Waals surface area (Å²) in [6.07, 6.45) is 2.13. The molecule has 1 aliphatic heterocycles. The molecule has 1 aliphatic rings. The highest BCUT2D eigenvalue weighted by atomic mass is 19.4. The van der Waals surface area contributed by atoms with Crippen molar-refractivity contribution in [1.82, 2.24) is 24.4 Å². The molecule has 1 saturated heterocycles. The smallest absolute Gasteiger partial charge is 0.334 e. The Hall–Kier alpha value is -3.13. The number of nitrogens with zero attached hydrogens (tertiary/aromatic N) is 4. The van der Waals surface area contributed by atoms with E-state index >= 15 is 0 Å². The number of benzene rings is 2. The van der Waals surface area contributed by atoms with Gasteiger partial charge in [0.1, 0.15) is 17.2 Å². The first-order chi connectivity index (χ1) is 16.8. The van der Waals surface area contributed by atoms with Crippen LogP contribution in [0.3, 0.4) is 0 Å². The maximum absolute atomic E-state index is 13.8. The zero-order valence-electron chi connectivity index (χ0n) is 20.1. The summed E-state index contributed by atoms with van der Waals surface area (Å²) in [7, 11) is 2.18. The minimum atomic E-state index is -4.54. The van der Waals surface area contributed by atoms with Gasteiger partial charge in [0.05, 0.1) is 17.4 Å². The highest BCUT2D eigenvalue weighted by Gasteiger charge is 2.37. The molecule has 8 heteroatoms. The van der Waals surface area contributed by atoms with Crippen LogP contribution >= 0.6 is 0 Å². The standard InChI is InChI=1S/C27H30F3N5/c1-18-21(26-32-24(20-8-4-3-5-9-20)25(33-26)27(28,29)30)10-11-22-23(18)31-17-35(22)14-6-7-19-12-15-34(2)16-13-19/h3-5,8-11,17,19H,6-7,12-16H2,1-2H3,(H,32,33). The Labute approximate surface area is 203 Å². The van der Waals surface area contributed by atoms with Crippen LogP contribution in [0.25, 0.3) is 33.7 Å². The van der Waals surface area contributed by atoms with Gasteiger partial charge in [0, 0.05) is 17.7 Å². The molecule has 0 aliphatic carbocycles. The molecule has 35 heavy (non-hydrogen) atoms. The number of aryl methyl sites for hydroxylation is 2. The van der Waals surface area contributed by atoms with E-state index in [1.165, 1.54) is 32.4 Å². The van der Waals surface area contributed by atoms with Crippen molar-refractivity contribution < 1.29 is 13.2 Å². The highest BCUT2D eigenvalue weighted by Crippen LogP contribution is 2.38. The average Bonchev–Trinajstić information content (AvgIpc) is 3.47. The largest absolute Gasteiger partial charge is 0.433 e. The van der Waals surface area contributed by atoms with E-state index in [0.29, 0.717) is 11.1 Å². The number of alkyl halides is 3. The van der Waals surface area contributed by atoms with Gasteiger partial charge in [0.25, 0.3) is 0 Å². The molecule has 0 spiro atoms. The van der Waals surface area contributed by atoms with Gasteiger partial charge in [0.15, 0.2) is 0 Å². The van der Waals surface area contributed by atoms with Crippen LogP contribution in [0.15, 0.2) is 48.8 Å². The van der Waals surface area contributed by atoms with Crippen LogP contribution < -0.4 is 0 Å². The zero-order valence-corrected chi connectivity index (χ0v) is 20.1. The number of H-pyrrole nitrogens is 1. The van der Waals surface area contributed by atoms with E-state index in [9.17, 15) is 13.2 Å². The lowest BCUT2D eigenvalue weighted by molar-refractivity contribution is -0.140. The first kappa shape index (κ1) is 23.6. The molecule has 5 rings (SSSR count). The Kier molecular flexibility index (Phi) is 6.40. The van der Waals surface area contributed by atoms with E-state index in [0.717, 1.165) is 35.5 Å². The maximum atomic E-state index is 13.8. The quantitative estimate of drug-likeness (QED) is 0.340. The Bertz CT molecular complexity index is 1300. The van der Waals surface area contributed by atoms with Crippen LogP contribution in [0, 0.1) is 12.8 Å². The van der Waals surface area contributed by atoms with Crippen molar-refractivity contribution in [2.45, 2.75) is 45.3 Å². The lowest BCUT2D eigenvalue weighted by Gasteiger charge is -2.28. The topological polar surface area (TPSA) is 49.7 Å². The third kappa shape index (κ3) is 4.85. The predicted octanol–water partition coefficient (Wildman–Crippen LogP) is 6.54. The number of nitrogens with one attached hydrogen (secondary N) is 1. The molecular formula is C27H30F3N5. The molecule has 2 aromatic carbocycles. The van der Waals surface area contributed by atoms with Gasteiger partial charge in [-0.15, -0.1) is 0 Å². The Morgan fingerprint density at radius 1 is 1.06 bits per heavy atom. The van der Waals surface area contributed by atoms with E-state index < -0.39 is 11.9 Å². The number of likely N-dealkylation sites (tertiary alicyclic amines) is 1. The average molecular weight is 482 g/mol. The second kappa shape index (κ2) is 9.49. The lowest BCUT2D eigenvalue weighted by atomic mass is 9.92. The van der Waals surface area contributed by atoms with Gasteiger partial charge in [0.2, 0.25) is 0 Å². The molecule has 2 aromatic heterocycles. The molecule has 4 aromatic rings. The van der Waals surface area contributed by atoms with Crippen LogP contribution in [0.2, 0.25) is 0 Å². The highest BCUT2D eigenvalue weighted by molar-refractivity contribution is 5.86. The Morgan fingerprint density at radius 2 is 1.80 bits per heavy atom. The summed E-state index contributed by atoms with van der Waals surface area (Å²) < 4.78 is 43.6. The fourth-order valence-corrected chi connectivity index (χ4v) is 5.12. The van der Waals surface area contributed by atoms with Gasteiger partial charge in [-0.05, 0) is 76.4 Å². The number of imidazole rings is 2. The van der Waals surface area contributed by atoms with E-state index in [-0.39, 0.29) is 11.5 Å². The number of rotatable bonds is 6. The Morgan fingerprint density at radius 3 is 2.51 bits per heavy atom. The SMILES string of the molecule is Cc1c(-c2nc(-c3ccccc3)c(C(F)(F)F)[nH]2)ccc2c1ncn2CCCC1CCN(C)CC1. The molecule has 0 unspecified atom stereocenters. The van der Waals surface area contributed by atoms with Gasteiger partial charge < -0.3 is 14.5 Å². The summed E-state index contributed by atoms with van der Waals surface area (Å²) in [5.41, 5.74) is 2.74. The van der Waals surface area contributed by atoms with E-state index in [1.807, 2.05) is 25.4 Å². The van der Waals surface area contributed by atoms with Crippen LogP contribution in [-0.4, -0.2) is 44.6 Å². The Balaban J connectivity index is 1.40. The molecule has 1 N–H and O–H groups in total. The van der Waals surface area contributed by atoms with Crippen LogP contribution in [0.4, 0.5) is 13.2 Å². The summed E-state index contributed by atoms with van der Waals surface area (Å²) in [5, 5.41) is 0. The van der Waals surface area contributed by atoms with Crippen molar-refractivity contribution in [3.8, 4) is 22.6 Å². The minimum Gasteiger partial charge on any atom is -0.334 e. The van der Waals surface area contributed by atoms with Crippen LogP contribution in [0.1, 0.15) is 36.9 Å². The van der Waals surface area contributed by atoms with Gasteiger partial charge in [-0.2, -0.15) is 13.2 Å². The van der Waals surface area contributed by atoms with E-state index in [4.69, 9.17) is 0 Å². The third-order valence-corrected chi connectivity index (χ3v) is 7.18. The van der Waals surface area contributed by atoms with Gasteiger partial charge >= 0.3 is 6.18 Å². The molecular weight excluding hydrogens is 451 g/mol. The number of halogens is 3. The van der Waals surface area contributed by atoms with Crippen molar-refractivity contribution >= 4 is 11.0 Å². The minimum absolute atomic E-state index is 0.0907. The van der Waals surface area contributed by atoms with Crippen molar-refractivity contribution in [2.24, 2.45) is 5.92 Å². The molecule has 1 fully saturated rings. The first-order valence-corrected chi connectivity index (χ1v) is 12.2. The monoisotopic (exact) mass is 481 g/mol. The van der Waals surface area contributed by atoms with E-state index in [1.54, 1.807) is 30.3 Å². The normalized spacial score (nSPS) is 15.8. The predicted molar refractivity (Wildman–Crippen MR) is 132 cm³/mol. The summed E-state index contributed by atoms with van der Waals surface area (Å²) in [5.74, 6) is 0.988. The van der Waals surface area contributed by atoms with Gasteiger partial charge in [-0.3, -0.25) is 0 Å². The number of hydrogen-bond donors (Lipinski definition) is 1. The van der Waals surface area contributed by atoms with Crippen LogP contribution in [-0.2, 0) is 12.7 Å². The zero-order chi connectivity index (χ0) is 24.6. The number of hydrogen-bond acceptors (Lipinski definition) is 3. The third-order valence-electron chi connectivity index (χ3n) is 7.18. The molecule has 0 amide bonds. The summed E-state index contributed by atoms with van der Waals surface area (Å²) in [4.78, 5) is 13.9. The van der Waals surface area contributed by atoms with Crippen molar-refractivity contribution in [3.05, 3.63) is 60.0 Å². The lowest BCUT2D eigenvalue weighted by Crippen LogP contribution is -2.30. The molecule has 5 nitrogen and oxygen atoms in total. The fourth-order valence-electron chi connectivity index (χ4n) is 5.12. The number of aromatic nitrogens is 4. The van der Waals surface area contributed by atoms with Crippen molar-refractivity contribution in [1.29, 1.82) is 0 Å². The molecule has 184 valence electrons. The van der Waals surface area contributed by atoms with Gasteiger partial charge in [-0.25, -0.2) is 9.97 Å².